The summed E-state index contributed by atoms with van der Waals surface area (Å²) in [6.45, 7) is 0. The van der Waals surface area contributed by atoms with Crippen molar-refractivity contribution >= 4 is 17.5 Å². The van der Waals surface area contributed by atoms with Crippen molar-refractivity contribution in [3.63, 3.8) is 0 Å². The van der Waals surface area contributed by atoms with E-state index in [0.717, 1.165) is 11.8 Å². The number of ether oxygens (including phenoxy) is 1. The van der Waals surface area contributed by atoms with Crippen LogP contribution in [0.25, 0.3) is 16.9 Å². The van der Waals surface area contributed by atoms with Crippen LogP contribution in [0.1, 0.15) is 20.7 Å². The molecule has 2 amide bonds. The van der Waals surface area contributed by atoms with Crippen molar-refractivity contribution in [2.24, 2.45) is 0 Å². The number of methoxy groups -OCH3 is 1. The topological polar surface area (TPSA) is 128 Å². The van der Waals surface area contributed by atoms with Crippen LogP contribution in [0.5, 0.6) is 5.75 Å². The normalized spacial score (nSPS) is 10.4. The molecule has 2 N–H and O–H groups in total. The molecule has 3 aromatic carbocycles. The first-order valence-electron chi connectivity index (χ1n) is 10.1. The van der Waals surface area contributed by atoms with Crippen molar-refractivity contribution in [2.75, 3.05) is 7.11 Å². The van der Waals surface area contributed by atoms with Crippen LogP contribution in [0, 0.1) is 10.1 Å². The molecule has 10 nitrogen and oxygen atoms in total. The van der Waals surface area contributed by atoms with Crippen molar-refractivity contribution < 1.29 is 19.2 Å². The maximum Gasteiger partial charge on any atom is 0.273 e. The molecule has 0 spiro atoms. The number of amides is 2. The van der Waals surface area contributed by atoms with Gasteiger partial charge in [-0.05, 0) is 42.5 Å². The molecular weight excluding hydrogens is 438 g/mol. The zero-order valence-electron chi connectivity index (χ0n) is 18.0. The highest BCUT2D eigenvalue weighted by Gasteiger charge is 2.20. The number of nitrogens with one attached hydrogen (secondary N) is 2. The Morgan fingerprint density at radius 1 is 0.941 bits per heavy atom. The van der Waals surface area contributed by atoms with E-state index in [9.17, 15) is 19.7 Å². The molecule has 34 heavy (non-hydrogen) atoms. The molecule has 0 radical (unpaired) electrons. The second-order valence-electron chi connectivity index (χ2n) is 7.12. The van der Waals surface area contributed by atoms with Gasteiger partial charge in [-0.3, -0.25) is 30.6 Å². The summed E-state index contributed by atoms with van der Waals surface area (Å²) in [5.74, 6) is -0.647. The number of nitro benzene ring substituents is 1. The molecule has 0 atom stereocenters. The summed E-state index contributed by atoms with van der Waals surface area (Å²) in [5, 5.41) is 15.5. The van der Waals surface area contributed by atoms with Gasteiger partial charge in [0.15, 0.2) is 0 Å². The first-order valence-corrected chi connectivity index (χ1v) is 10.1. The van der Waals surface area contributed by atoms with E-state index in [1.54, 1.807) is 42.3 Å². The number of nitrogens with zero attached hydrogens (tertiary/aromatic N) is 3. The average Bonchev–Trinajstić information content (AvgIpc) is 3.33. The highest BCUT2D eigenvalue weighted by molar-refractivity contribution is 6.02. The van der Waals surface area contributed by atoms with Crippen molar-refractivity contribution in [1.29, 1.82) is 0 Å². The fourth-order valence-electron chi connectivity index (χ4n) is 3.23. The van der Waals surface area contributed by atoms with Gasteiger partial charge in [-0.25, -0.2) is 4.68 Å². The van der Waals surface area contributed by atoms with Crippen LogP contribution in [0.15, 0.2) is 85.1 Å². The predicted octanol–water partition coefficient (Wildman–Crippen LogP) is 3.53. The summed E-state index contributed by atoms with van der Waals surface area (Å²) >= 11 is 0. The fraction of sp³-hybridized carbons (Fsp3) is 0.0417. The van der Waals surface area contributed by atoms with Gasteiger partial charge < -0.3 is 4.74 Å². The third-order valence-electron chi connectivity index (χ3n) is 4.95. The van der Waals surface area contributed by atoms with Crippen LogP contribution in [-0.4, -0.2) is 33.6 Å². The summed E-state index contributed by atoms with van der Waals surface area (Å²) < 4.78 is 6.76. The maximum atomic E-state index is 13.0. The van der Waals surface area contributed by atoms with Gasteiger partial charge in [0.2, 0.25) is 0 Å². The summed E-state index contributed by atoms with van der Waals surface area (Å²) in [7, 11) is 1.56. The van der Waals surface area contributed by atoms with Crippen LogP contribution in [0.3, 0.4) is 0 Å². The average molecular weight is 457 g/mol. The molecule has 0 fully saturated rings. The molecule has 0 aliphatic heterocycles. The molecule has 4 aromatic rings. The van der Waals surface area contributed by atoms with E-state index in [1.807, 2.05) is 30.3 Å². The number of aromatic nitrogens is 2. The quantitative estimate of drug-likeness (QED) is 0.337. The number of nitro groups is 1. The van der Waals surface area contributed by atoms with Crippen LogP contribution in [-0.2, 0) is 0 Å². The van der Waals surface area contributed by atoms with Crippen LogP contribution in [0.2, 0.25) is 0 Å². The fourth-order valence-corrected chi connectivity index (χ4v) is 3.23. The number of hydrogen-bond acceptors (Lipinski definition) is 6. The Kier molecular flexibility index (Phi) is 6.31. The third-order valence-corrected chi connectivity index (χ3v) is 4.95. The second kappa shape index (κ2) is 9.65. The van der Waals surface area contributed by atoms with E-state index in [4.69, 9.17) is 4.74 Å². The first-order chi connectivity index (χ1) is 16.5. The molecule has 0 unspecified atom stereocenters. The van der Waals surface area contributed by atoms with E-state index >= 15 is 0 Å². The molecule has 1 aromatic heterocycles. The molecule has 4 rings (SSSR count). The predicted molar refractivity (Wildman–Crippen MR) is 124 cm³/mol. The van der Waals surface area contributed by atoms with Gasteiger partial charge >= 0.3 is 0 Å². The van der Waals surface area contributed by atoms with Crippen molar-refractivity contribution in [3.8, 4) is 22.7 Å². The number of hydrazine groups is 1. The van der Waals surface area contributed by atoms with Gasteiger partial charge in [0.1, 0.15) is 11.4 Å². The Morgan fingerprint density at radius 3 is 2.32 bits per heavy atom. The highest BCUT2D eigenvalue weighted by atomic mass is 16.6. The number of rotatable bonds is 6. The number of carbonyl (C=O) groups is 2. The Hall–Kier alpha value is -4.99. The summed E-state index contributed by atoms with van der Waals surface area (Å²) in [6.07, 6.45) is 1.56. The Labute approximate surface area is 193 Å². The standard InChI is InChI=1S/C24H19N5O5/c1-34-20-12-10-16(11-13-20)22-21(15-28(27-22)18-7-3-2-4-8-18)24(31)26-25-23(30)17-6-5-9-19(14-17)29(32)33/h2-15H,1H3,(H,25,30)(H,26,31). The van der Waals surface area contributed by atoms with Gasteiger partial charge in [-0.2, -0.15) is 5.10 Å². The monoisotopic (exact) mass is 457 g/mol. The molecule has 1 heterocycles. The van der Waals surface area contributed by atoms with E-state index in [0.29, 0.717) is 17.0 Å². The van der Waals surface area contributed by atoms with Gasteiger partial charge in [-0.15, -0.1) is 0 Å². The lowest BCUT2D eigenvalue weighted by atomic mass is 10.1. The minimum absolute atomic E-state index is 0.0323. The highest BCUT2D eigenvalue weighted by Crippen LogP contribution is 2.26. The molecule has 0 aliphatic carbocycles. The van der Waals surface area contributed by atoms with Crippen molar-refractivity contribution in [1.82, 2.24) is 20.6 Å². The third kappa shape index (κ3) is 4.75. The largest absolute Gasteiger partial charge is 0.497 e. The molecule has 0 saturated carbocycles. The van der Waals surface area contributed by atoms with Gasteiger partial charge in [0, 0.05) is 29.5 Å². The minimum atomic E-state index is -0.696. The first kappa shape index (κ1) is 22.2. The SMILES string of the molecule is COc1ccc(-c2nn(-c3ccccc3)cc2C(=O)NNC(=O)c2cccc([N+](=O)[O-])c2)cc1. The Balaban J connectivity index is 1.60. The van der Waals surface area contributed by atoms with E-state index in [1.165, 1.54) is 18.2 Å². The number of carbonyl (C=O) groups excluding carboxylic acids is 2. The Morgan fingerprint density at radius 2 is 1.65 bits per heavy atom. The van der Waals surface area contributed by atoms with E-state index in [2.05, 4.69) is 16.0 Å². The molecule has 0 saturated heterocycles. The minimum Gasteiger partial charge on any atom is -0.497 e. The van der Waals surface area contributed by atoms with Crippen LogP contribution >= 0.6 is 0 Å². The Bertz CT molecular complexity index is 1350. The number of hydrogen-bond donors (Lipinski definition) is 2. The lowest BCUT2D eigenvalue weighted by Gasteiger charge is -2.08. The lowest BCUT2D eigenvalue weighted by Crippen LogP contribution is -2.41. The van der Waals surface area contributed by atoms with Gasteiger partial charge in [0.25, 0.3) is 17.5 Å². The number of benzene rings is 3. The summed E-state index contributed by atoms with van der Waals surface area (Å²) in [6, 6.07) is 21.5. The van der Waals surface area contributed by atoms with Crippen LogP contribution in [0.4, 0.5) is 5.69 Å². The molecular formula is C24H19N5O5. The summed E-state index contributed by atoms with van der Waals surface area (Å²) in [5.41, 5.74) is 6.48. The van der Waals surface area contributed by atoms with E-state index < -0.39 is 16.7 Å². The second-order valence-corrected chi connectivity index (χ2v) is 7.12. The van der Waals surface area contributed by atoms with Gasteiger partial charge in [0.05, 0.1) is 23.3 Å². The molecule has 10 heteroatoms. The zero-order valence-corrected chi connectivity index (χ0v) is 18.0. The van der Waals surface area contributed by atoms with E-state index in [-0.39, 0.29) is 16.8 Å². The lowest BCUT2D eigenvalue weighted by molar-refractivity contribution is -0.384. The summed E-state index contributed by atoms with van der Waals surface area (Å²) in [4.78, 5) is 35.8. The van der Waals surface area contributed by atoms with Crippen molar-refractivity contribution in [3.05, 3.63) is 106 Å². The molecule has 0 aliphatic rings. The number of non-ortho nitro benzene ring substituents is 1. The maximum absolute atomic E-state index is 13.0. The van der Waals surface area contributed by atoms with Crippen molar-refractivity contribution in [2.45, 2.75) is 0 Å². The van der Waals surface area contributed by atoms with Crippen LogP contribution < -0.4 is 15.6 Å². The van der Waals surface area contributed by atoms with Gasteiger partial charge in [-0.1, -0.05) is 24.3 Å². The molecule has 0 bridgehead atoms. The number of para-hydroxylation sites is 1. The zero-order chi connectivity index (χ0) is 24.1. The smallest absolute Gasteiger partial charge is 0.273 e. The molecule has 170 valence electrons.